The number of hydrogen-bond acceptors (Lipinski definition) is 5. The topological polar surface area (TPSA) is 91.0 Å². The molecule has 1 aliphatic rings. The summed E-state index contributed by atoms with van der Waals surface area (Å²) in [6.45, 7) is -0.188. The molecule has 4 rings (SSSR count). The largest absolute Gasteiger partial charge is 0.484 e. The molecule has 2 N–H and O–H groups in total. The molecule has 0 fully saturated rings. The Labute approximate surface area is 160 Å². The molecule has 0 bridgehead atoms. The molecule has 28 heavy (non-hydrogen) atoms. The van der Waals surface area contributed by atoms with Gasteiger partial charge >= 0.3 is 5.97 Å². The molecule has 6 heteroatoms. The fourth-order valence-corrected chi connectivity index (χ4v) is 2.83. The summed E-state index contributed by atoms with van der Waals surface area (Å²) in [7, 11) is 0. The first-order valence-electron chi connectivity index (χ1n) is 8.61. The zero-order valence-corrected chi connectivity index (χ0v) is 14.8. The Morgan fingerprint density at radius 1 is 1.04 bits per heavy atom. The summed E-state index contributed by atoms with van der Waals surface area (Å²) in [5.41, 5.74) is 6.76. The van der Waals surface area contributed by atoms with E-state index in [4.69, 9.17) is 15.2 Å². The van der Waals surface area contributed by atoms with Gasteiger partial charge in [0.25, 0.3) is 5.91 Å². The van der Waals surface area contributed by atoms with Crippen LogP contribution in [0.1, 0.15) is 11.1 Å². The van der Waals surface area contributed by atoms with Crippen molar-refractivity contribution in [2.75, 3.05) is 6.61 Å². The molecule has 1 heterocycles. The van der Waals surface area contributed by atoms with Gasteiger partial charge in [-0.1, -0.05) is 42.5 Å². The van der Waals surface area contributed by atoms with Crippen molar-refractivity contribution in [2.24, 2.45) is 10.7 Å². The van der Waals surface area contributed by atoms with Crippen LogP contribution in [0.3, 0.4) is 0 Å². The van der Waals surface area contributed by atoms with Crippen LogP contribution in [0.5, 0.6) is 5.75 Å². The number of ether oxygens (including phenoxy) is 2. The third kappa shape index (κ3) is 3.76. The number of benzene rings is 3. The minimum Gasteiger partial charge on any atom is -0.484 e. The number of rotatable bonds is 5. The molecular formula is C22H16N2O4. The van der Waals surface area contributed by atoms with Gasteiger partial charge in [0, 0.05) is 5.56 Å². The minimum absolute atomic E-state index is 0.188. The highest BCUT2D eigenvalue weighted by Gasteiger charge is 2.24. The Morgan fingerprint density at radius 2 is 1.79 bits per heavy atom. The summed E-state index contributed by atoms with van der Waals surface area (Å²) in [5, 5.41) is 2.15. The molecule has 0 spiro atoms. The summed E-state index contributed by atoms with van der Waals surface area (Å²) < 4.78 is 10.5. The molecule has 0 atom stereocenters. The summed E-state index contributed by atoms with van der Waals surface area (Å²) >= 11 is 0. The minimum atomic E-state index is -0.546. The summed E-state index contributed by atoms with van der Waals surface area (Å²) in [4.78, 5) is 27.3. The molecule has 0 aromatic heterocycles. The van der Waals surface area contributed by atoms with E-state index in [0.29, 0.717) is 5.75 Å². The third-order valence-electron chi connectivity index (χ3n) is 4.18. The number of hydrogen-bond donors (Lipinski definition) is 1. The van der Waals surface area contributed by atoms with Gasteiger partial charge in [-0.3, -0.25) is 4.79 Å². The molecule has 0 saturated carbocycles. The van der Waals surface area contributed by atoms with Gasteiger partial charge < -0.3 is 15.2 Å². The number of carbonyl (C=O) groups excluding carboxylic acids is 2. The lowest BCUT2D eigenvalue weighted by Crippen LogP contribution is -2.19. The number of fused-ring (bicyclic) bond motifs is 1. The number of nitrogens with zero attached hydrogens (tertiary/aromatic N) is 1. The van der Waals surface area contributed by atoms with E-state index in [2.05, 4.69) is 4.99 Å². The van der Waals surface area contributed by atoms with E-state index < -0.39 is 11.9 Å². The first-order chi connectivity index (χ1) is 13.6. The number of nitrogens with two attached hydrogens (primary N) is 1. The van der Waals surface area contributed by atoms with Crippen LogP contribution in [0.15, 0.2) is 77.4 Å². The standard InChI is InChI=1S/C22H16N2O4/c23-20(25)13-27-18-9-5-14(6-10-18)11-19-22(26)28-21(24-19)17-8-7-15-3-1-2-4-16(15)12-17/h1-12H,13H2,(H2,23,25)/b19-11-. The van der Waals surface area contributed by atoms with Crippen molar-refractivity contribution in [1.29, 1.82) is 0 Å². The Kier molecular flexibility index (Phi) is 4.60. The van der Waals surface area contributed by atoms with Crippen LogP contribution in [0.25, 0.3) is 16.8 Å². The predicted octanol–water partition coefficient (Wildman–Crippen LogP) is 3.05. The molecule has 0 saturated heterocycles. The Balaban J connectivity index is 1.56. The van der Waals surface area contributed by atoms with Crippen molar-refractivity contribution in [3.05, 3.63) is 83.6 Å². The highest BCUT2D eigenvalue weighted by atomic mass is 16.6. The molecule has 6 nitrogen and oxygen atoms in total. The molecule has 0 aliphatic carbocycles. The fraction of sp³-hybridized carbons (Fsp3) is 0.0455. The summed E-state index contributed by atoms with van der Waals surface area (Å²) in [6.07, 6.45) is 1.63. The Hall–Kier alpha value is -3.93. The monoisotopic (exact) mass is 372 g/mol. The quantitative estimate of drug-likeness (QED) is 0.550. The van der Waals surface area contributed by atoms with Crippen molar-refractivity contribution >= 4 is 34.6 Å². The van der Waals surface area contributed by atoms with Gasteiger partial charge in [0.1, 0.15) is 5.75 Å². The lowest BCUT2D eigenvalue weighted by molar-refractivity contribution is -0.130. The van der Waals surface area contributed by atoms with Crippen LogP contribution in [0, 0.1) is 0 Å². The van der Waals surface area contributed by atoms with Gasteiger partial charge in [-0.15, -0.1) is 0 Å². The van der Waals surface area contributed by atoms with E-state index in [1.807, 2.05) is 42.5 Å². The highest BCUT2D eigenvalue weighted by molar-refractivity contribution is 6.13. The van der Waals surface area contributed by atoms with Crippen LogP contribution < -0.4 is 10.5 Å². The Morgan fingerprint density at radius 3 is 2.54 bits per heavy atom. The van der Waals surface area contributed by atoms with Gasteiger partial charge in [-0.2, -0.15) is 0 Å². The second-order valence-corrected chi connectivity index (χ2v) is 6.22. The summed E-state index contributed by atoms with van der Waals surface area (Å²) in [6, 6.07) is 20.6. The number of cyclic esters (lactones) is 1. The van der Waals surface area contributed by atoms with E-state index in [9.17, 15) is 9.59 Å². The highest BCUT2D eigenvalue weighted by Crippen LogP contribution is 2.23. The third-order valence-corrected chi connectivity index (χ3v) is 4.18. The normalized spacial score (nSPS) is 14.8. The molecule has 3 aromatic carbocycles. The maximum Gasteiger partial charge on any atom is 0.363 e. The van der Waals surface area contributed by atoms with Crippen LogP contribution in [0.4, 0.5) is 0 Å². The molecule has 0 unspecified atom stereocenters. The maximum absolute atomic E-state index is 12.2. The van der Waals surface area contributed by atoms with Gasteiger partial charge in [0.05, 0.1) is 0 Å². The fourth-order valence-electron chi connectivity index (χ4n) is 2.83. The lowest BCUT2D eigenvalue weighted by atomic mass is 10.1. The van der Waals surface area contributed by atoms with Crippen LogP contribution in [0.2, 0.25) is 0 Å². The van der Waals surface area contributed by atoms with E-state index in [-0.39, 0.29) is 18.2 Å². The molecule has 1 amide bonds. The van der Waals surface area contributed by atoms with Crippen molar-refractivity contribution in [1.82, 2.24) is 0 Å². The van der Waals surface area contributed by atoms with Crippen LogP contribution >= 0.6 is 0 Å². The number of carbonyl (C=O) groups is 2. The first-order valence-corrected chi connectivity index (χ1v) is 8.61. The van der Waals surface area contributed by atoms with Crippen LogP contribution in [-0.4, -0.2) is 24.4 Å². The Bertz CT molecular complexity index is 1130. The number of primary amides is 1. The van der Waals surface area contributed by atoms with E-state index in [1.54, 1.807) is 30.3 Å². The van der Waals surface area contributed by atoms with Gasteiger partial charge in [0.2, 0.25) is 5.90 Å². The maximum atomic E-state index is 12.2. The summed E-state index contributed by atoms with van der Waals surface area (Å²) in [5.74, 6) is -0.258. The van der Waals surface area contributed by atoms with E-state index in [1.165, 1.54) is 0 Å². The van der Waals surface area contributed by atoms with Crippen LogP contribution in [-0.2, 0) is 14.3 Å². The molecule has 138 valence electrons. The van der Waals surface area contributed by atoms with E-state index in [0.717, 1.165) is 21.9 Å². The number of amides is 1. The van der Waals surface area contributed by atoms with Crippen molar-refractivity contribution in [2.45, 2.75) is 0 Å². The molecule has 3 aromatic rings. The van der Waals surface area contributed by atoms with Gasteiger partial charge in [0.15, 0.2) is 12.3 Å². The second-order valence-electron chi connectivity index (χ2n) is 6.22. The lowest BCUT2D eigenvalue weighted by Gasteiger charge is -2.03. The smallest absolute Gasteiger partial charge is 0.363 e. The zero-order valence-electron chi connectivity index (χ0n) is 14.8. The number of esters is 1. The van der Waals surface area contributed by atoms with Crippen molar-refractivity contribution in [3.63, 3.8) is 0 Å². The molecular weight excluding hydrogens is 356 g/mol. The second kappa shape index (κ2) is 7.36. The van der Waals surface area contributed by atoms with Gasteiger partial charge in [-0.25, -0.2) is 9.79 Å². The zero-order chi connectivity index (χ0) is 19.5. The number of aliphatic imine (C=N–C) groups is 1. The van der Waals surface area contributed by atoms with E-state index >= 15 is 0 Å². The van der Waals surface area contributed by atoms with Crippen molar-refractivity contribution < 1.29 is 19.1 Å². The first kappa shape index (κ1) is 17.5. The SMILES string of the molecule is NC(=O)COc1ccc(/C=C2\N=C(c3ccc4ccccc4c3)OC2=O)cc1. The molecule has 0 radical (unpaired) electrons. The van der Waals surface area contributed by atoms with Gasteiger partial charge in [-0.05, 0) is 46.7 Å². The predicted molar refractivity (Wildman–Crippen MR) is 106 cm³/mol. The van der Waals surface area contributed by atoms with Crippen molar-refractivity contribution in [3.8, 4) is 5.75 Å². The average Bonchev–Trinajstić information content (AvgIpc) is 3.07. The molecule has 1 aliphatic heterocycles. The average molecular weight is 372 g/mol.